The lowest BCUT2D eigenvalue weighted by atomic mass is 10.0. The Morgan fingerprint density at radius 1 is 1.35 bits per heavy atom. The molecule has 0 saturated carbocycles. The third-order valence-electron chi connectivity index (χ3n) is 2.77. The molecule has 106 valence electrons. The van der Waals surface area contributed by atoms with Crippen molar-refractivity contribution < 1.29 is 4.79 Å². The summed E-state index contributed by atoms with van der Waals surface area (Å²) in [4.78, 5) is 13.4. The third kappa shape index (κ3) is 3.48. The number of hydrogen-bond donors (Lipinski definition) is 1. The first kappa shape index (κ1) is 15.2. The van der Waals surface area contributed by atoms with Gasteiger partial charge < -0.3 is 5.32 Å². The molecule has 2 aromatic heterocycles. The van der Waals surface area contributed by atoms with Crippen molar-refractivity contribution >= 4 is 40.4 Å². The smallest absolute Gasteiger partial charge is 0.255 e. The molecule has 2 aromatic rings. The van der Waals surface area contributed by atoms with Crippen LogP contribution in [0.4, 0.5) is 0 Å². The molecule has 0 aliphatic carbocycles. The molecule has 2 rings (SSSR count). The second-order valence-corrected chi connectivity index (χ2v) is 6.31. The SMILES string of the molecule is CC(C)C(NC(=O)c1cc(Cl)nnc1Cl)c1cccs1. The van der Waals surface area contributed by atoms with Gasteiger partial charge >= 0.3 is 0 Å². The van der Waals surface area contributed by atoms with E-state index >= 15 is 0 Å². The van der Waals surface area contributed by atoms with Crippen molar-refractivity contribution in [3.8, 4) is 0 Å². The first-order valence-corrected chi connectivity index (χ1v) is 7.65. The highest BCUT2D eigenvalue weighted by Crippen LogP contribution is 2.26. The van der Waals surface area contributed by atoms with Crippen LogP contribution in [0.1, 0.15) is 35.1 Å². The van der Waals surface area contributed by atoms with E-state index in [1.54, 1.807) is 11.3 Å². The van der Waals surface area contributed by atoms with Crippen molar-refractivity contribution in [3.63, 3.8) is 0 Å². The van der Waals surface area contributed by atoms with Gasteiger partial charge in [-0.05, 0) is 23.4 Å². The van der Waals surface area contributed by atoms with Gasteiger partial charge in [-0.1, -0.05) is 43.1 Å². The number of carbonyl (C=O) groups is 1. The number of thiophene rings is 1. The van der Waals surface area contributed by atoms with Crippen LogP contribution in [0.15, 0.2) is 23.6 Å². The van der Waals surface area contributed by atoms with Crippen molar-refractivity contribution in [3.05, 3.63) is 44.3 Å². The number of nitrogens with one attached hydrogen (secondary N) is 1. The van der Waals surface area contributed by atoms with Crippen LogP contribution in [0.2, 0.25) is 10.3 Å². The first-order chi connectivity index (χ1) is 9.49. The van der Waals surface area contributed by atoms with E-state index in [1.807, 2.05) is 31.4 Å². The van der Waals surface area contributed by atoms with Crippen molar-refractivity contribution in [2.75, 3.05) is 0 Å². The fraction of sp³-hybridized carbons (Fsp3) is 0.308. The highest BCUT2D eigenvalue weighted by Gasteiger charge is 2.22. The van der Waals surface area contributed by atoms with Crippen LogP contribution in [0.25, 0.3) is 0 Å². The summed E-state index contributed by atoms with van der Waals surface area (Å²) in [5.41, 5.74) is 0.230. The molecule has 4 nitrogen and oxygen atoms in total. The first-order valence-electron chi connectivity index (χ1n) is 6.02. The van der Waals surface area contributed by atoms with Gasteiger partial charge in [-0.2, -0.15) is 0 Å². The molecule has 0 aromatic carbocycles. The summed E-state index contributed by atoms with van der Waals surface area (Å²) in [6.07, 6.45) is 0. The Hall–Kier alpha value is -1.17. The summed E-state index contributed by atoms with van der Waals surface area (Å²) in [5, 5.41) is 12.4. The predicted octanol–water partition coefficient (Wildman–Crippen LogP) is 3.97. The zero-order valence-corrected chi connectivity index (χ0v) is 13.3. The molecule has 2 heterocycles. The molecule has 1 unspecified atom stereocenters. The lowest BCUT2D eigenvalue weighted by Crippen LogP contribution is -2.31. The van der Waals surface area contributed by atoms with E-state index in [4.69, 9.17) is 23.2 Å². The topological polar surface area (TPSA) is 54.9 Å². The van der Waals surface area contributed by atoms with Crippen LogP contribution in [-0.2, 0) is 0 Å². The zero-order valence-electron chi connectivity index (χ0n) is 10.9. The van der Waals surface area contributed by atoms with Gasteiger partial charge in [0, 0.05) is 4.88 Å². The van der Waals surface area contributed by atoms with E-state index in [-0.39, 0.29) is 33.7 Å². The number of hydrogen-bond acceptors (Lipinski definition) is 4. The Morgan fingerprint density at radius 3 is 2.70 bits per heavy atom. The van der Waals surface area contributed by atoms with E-state index in [2.05, 4.69) is 15.5 Å². The Kier molecular flexibility index (Phi) is 4.96. The third-order valence-corrected chi connectivity index (χ3v) is 4.19. The molecular weight excluding hydrogens is 317 g/mol. The molecule has 0 aliphatic rings. The Bertz CT molecular complexity index is 602. The minimum atomic E-state index is -0.307. The van der Waals surface area contributed by atoms with E-state index in [9.17, 15) is 4.79 Å². The number of rotatable bonds is 4. The second-order valence-electron chi connectivity index (χ2n) is 4.58. The molecule has 0 saturated heterocycles. The van der Waals surface area contributed by atoms with Gasteiger partial charge in [0.25, 0.3) is 5.91 Å². The van der Waals surface area contributed by atoms with E-state index in [1.165, 1.54) is 6.07 Å². The zero-order chi connectivity index (χ0) is 14.7. The molecule has 0 bridgehead atoms. The number of nitrogens with zero attached hydrogens (tertiary/aromatic N) is 2. The van der Waals surface area contributed by atoms with Crippen LogP contribution in [0.5, 0.6) is 0 Å². The quantitative estimate of drug-likeness (QED) is 0.923. The minimum Gasteiger partial charge on any atom is -0.344 e. The van der Waals surface area contributed by atoms with E-state index in [0.29, 0.717) is 0 Å². The molecule has 0 spiro atoms. The number of amides is 1. The molecule has 1 atom stereocenters. The van der Waals surface area contributed by atoms with Gasteiger partial charge in [-0.3, -0.25) is 4.79 Å². The standard InChI is InChI=1S/C13H13Cl2N3OS/c1-7(2)11(9-4-3-5-20-9)16-13(19)8-6-10(14)17-18-12(8)15/h3-7,11H,1-2H3,(H,16,19). The lowest BCUT2D eigenvalue weighted by molar-refractivity contribution is 0.0926. The Morgan fingerprint density at radius 2 is 2.10 bits per heavy atom. The number of aromatic nitrogens is 2. The molecule has 1 amide bonds. The molecule has 0 fully saturated rings. The second kappa shape index (κ2) is 6.52. The summed E-state index contributed by atoms with van der Waals surface area (Å²) in [6, 6.07) is 5.29. The summed E-state index contributed by atoms with van der Waals surface area (Å²) in [5.74, 6) is -0.0551. The number of carbonyl (C=O) groups excluding carboxylic acids is 1. The van der Waals surface area contributed by atoms with Crippen LogP contribution >= 0.6 is 34.5 Å². The van der Waals surface area contributed by atoms with Crippen molar-refractivity contribution in [1.29, 1.82) is 0 Å². The van der Waals surface area contributed by atoms with E-state index in [0.717, 1.165) is 4.88 Å². The van der Waals surface area contributed by atoms with Gasteiger partial charge in [0.05, 0.1) is 11.6 Å². The summed E-state index contributed by atoms with van der Waals surface area (Å²) in [7, 11) is 0. The molecule has 0 radical (unpaired) electrons. The van der Waals surface area contributed by atoms with Gasteiger partial charge in [-0.25, -0.2) is 0 Å². The van der Waals surface area contributed by atoms with Gasteiger partial charge in [0.2, 0.25) is 0 Å². The molecule has 7 heteroatoms. The average Bonchev–Trinajstić information content (AvgIpc) is 2.91. The molecule has 0 aliphatic heterocycles. The number of halogens is 2. The fourth-order valence-electron chi connectivity index (χ4n) is 1.77. The maximum Gasteiger partial charge on any atom is 0.255 e. The predicted molar refractivity (Wildman–Crippen MR) is 81.4 cm³/mol. The normalized spacial score (nSPS) is 12.4. The summed E-state index contributed by atoms with van der Waals surface area (Å²) >= 11 is 13.2. The van der Waals surface area contributed by atoms with E-state index < -0.39 is 0 Å². The van der Waals surface area contributed by atoms with Crippen molar-refractivity contribution in [1.82, 2.24) is 15.5 Å². The summed E-state index contributed by atoms with van der Waals surface area (Å²) in [6.45, 7) is 4.09. The minimum absolute atomic E-state index is 0.0422. The van der Waals surface area contributed by atoms with Crippen molar-refractivity contribution in [2.24, 2.45) is 5.92 Å². The van der Waals surface area contributed by atoms with Gasteiger partial charge in [0.15, 0.2) is 10.3 Å². The van der Waals surface area contributed by atoms with Crippen LogP contribution in [0, 0.1) is 5.92 Å². The highest BCUT2D eigenvalue weighted by atomic mass is 35.5. The average molecular weight is 330 g/mol. The highest BCUT2D eigenvalue weighted by molar-refractivity contribution is 7.10. The summed E-state index contributed by atoms with van der Waals surface area (Å²) < 4.78 is 0. The molecule has 1 N–H and O–H groups in total. The maximum atomic E-state index is 12.3. The van der Waals surface area contributed by atoms with Crippen molar-refractivity contribution in [2.45, 2.75) is 19.9 Å². The van der Waals surface area contributed by atoms with Crippen LogP contribution in [0.3, 0.4) is 0 Å². The maximum absolute atomic E-state index is 12.3. The molecular formula is C13H13Cl2N3OS. The Labute approximate surface area is 131 Å². The Balaban J connectivity index is 2.23. The van der Waals surface area contributed by atoms with Gasteiger partial charge in [0.1, 0.15) is 0 Å². The largest absolute Gasteiger partial charge is 0.344 e. The van der Waals surface area contributed by atoms with Crippen LogP contribution in [-0.4, -0.2) is 16.1 Å². The van der Waals surface area contributed by atoms with Gasteiger partial charge in [-0.15, -0.1) is 21.5 Å². The fourth-order valence-corrected chi connectivity index (χ4v) is 3.04. The van der Waals surface area contributed by atoms with Crippen LogP contribution < -0.4 is 5.32 Å². The molecule has 20 heavy (non-hydrogen) atoms. The lowest BCUT2D eigenvalue weighted by Gasteiger charge is -2.21. The monoisotopic (exact) mass is 329 g/mol.